The lowest BCUT2D eigenvalue weighted by atomic mass is 10.2. The molecule has 0 fully saturated rings. The van der Waals surface area contributed by atoms with Crippen LogP contribution in [0.2, 0.25) is 10.0 Å². The van der Waals surface area contributed by atoms with E-state index in [4.69, 9.17) is 28.9 Å². The van der Waals surface area contributed by atoms with Crippen molar-refractivity contribution in [3.8, 4) is 0 Å². The van der Waals surface area contributed by atoms with Crippen LogP contribution >= 0.6 is 23.2 Å². The number of aryl methyl sites for hydroxylation is 1. The van der Waals surface area contributed by atoms with Gasteiger partial charge in [-0.1, -0.05) is 23.2 Å². The van der Waals surface area contributed by atoms with Gasteiger partial charge in [0.2, 0.25) is 0 Å². The first-order valence-corrected chi connectivity index (χ1v) is 6.32. The SMILES string of the molecule is Cc1cc(Cl)c(NC(=O)c2cc(F)cnc2N)cc1Cl. The second-order valence-corrected chi connectivity index (χ2v) is 4.94. The third-order valence-electron chi connectivity index (χ3n) is 2.63. The molecular weight excluding hydrogens is 304 g/mol. The molecule has 0 aliphatic rings. The Bertz CT molecular complexity index is 692. The zero-order valence-corrected chi connectivity index (χ0v) is 11.9. The van der Waals surface area contributed by atoms with Gasteiger partial charge in [0.15, 0.2) is 0 Å². The summed E-state index contributed by atoms with van der Waals surface area (Å²) in [5, 5.41) is 3.30. The molecule has 1 aromatic carbocycles. The minimum atomic E-state index is -0.655. The summed E-state index contributed by atoms with van der Waals surface area (Å²) in [4.78, 5) is 15.6. The molecule has 0 aliphatic heterocycles. The summed E-state index contributed by atoms with van der Waals surface area (Å²) in [5.74, 6) is -1.34. The van der Waals surface area contributed by atoms with Crippen molar-refractivity contribution in [1.82, 2.24) is 4.98 Å². The highest BCUT2D eigenvalue weighted by Crippen LogP contribution is 2.29. The number of nitrogens with zero attached hydrogens (tertiary/aromatic N) is 1. The molecule has 0 aliphatic carbocycles. The van der Waals surface area contributed by atoms with Gasteiger partial charge in [0.1, 0.15) is 11.6 Å². The van der Waals surface area contributed by atoms with Crippen LogP contribution in [0.5, 0.6) is 0 Å². The Morgan fingerprint density at radius 2 is 2.00 bits per heavy atom. The van der Waals surface area contributed by atoms with E-state index in [1.807, 2.05) is 0 Å². The summed E-state index contributed by atoms with van der Waals surface area (Å²) < 4.78 is 13.1. The fraction of sp³-hybridized carbons (Fsp3) is 0.0769. The number of benzene rings is 1. The molecule has 1 amide bonds. The number of nitrogens with one attached hydrogen (secondary N) is 1. The number of hydrogen-bond donors (Lipinski definition) is 2. The second-order valence-electron chi connectivity index (χ2n) is 4.12. The van der Waals surface area contributed by atoms with E-state index in [1.165, 1.54) is 6.07 Å². The van der Waals surface area contributed by atoms with Gasteiger partial charge in [-0.3, -0.25) is 4.79 Å². The highest BCUT2D eigenvalue weighted by molar-refractivity contribution is 6.36. The molecule has 1 heterocycles. The van der Waals surface area contributed by atoms with Crippen LogP contribution in [-0.2, 0) is 0 Å². The molecule has 2 rings (SSSR count). The number of carbonyl (C=O) groups is 1. The summed E-state index contributed by atoms with van der Waals surface area (Å²) in [6.07, 6.45) is 0.932. The number of hydrogen-bond acceptors (Lipinski definition) is 3. The number of carbonyl (C=O) groups excluding carboxylic acids is 1. The average molecular weight is 314 g/mol. The van der Waals surface area contributed by atoms with Crippen LogP contribution in [0.25, 0.3) is 0 Å². The Morgan fingerprint density at radius 3 is 2.70 bits per heavy atom. The van der Waals surface area contributed by atoms with E-state index >= 15 is 0 Å². The molecule has 4 nitrogen and oxygen atoms in total. The Balaban J connectivity index is 2.32. The number of amides is 1. The van der Waals surface area contributed by atoms with Crippen LogP contribution in [0.3, 0.4) is 0 Å². The molecule has 2 aromatic rings. The van der Waals surface area contributed by atoms with Crippen LogP contribution in [0.15, 0.2) is 24.4 Å². The molecule has 0 unspecified atom stereocenters. The van der Waals surface area contributed by atoms with E-state index in [0.717, 1.165) is 17.8 Å². The van der Waals surface area contributed by atoms with Crippen molar-refractivity contribution in [3.63, 3.8) is 0 Å². The number of pyridine rings is 1. The Kier molecular flexibility index (Phi) is 4.11. The molecule has 104 valence electrons. The van der Waals surface area contributed by atoms with Crippen LogP contribution in [0.1, 0.15) is 15.9 Å². The molecule has 0 atom stereocenters. The first kappa shape index (κ1) is 14.6. The fourth-order valence-corrected chi connectivity index (χ4v) is 1.99. The van der Waals surface area contributed by atoms with E-state index in [1.54, 1.807) is 13.0 Å². The highest BCUT2D eigenvalue weighted by Gasteiger charge is 2.14. The zero-order chi connectivity index (χ0) is 14.9. The summed E-state index contributed by atoms with van der Waals surface area (Å²) in [6, 6.07) is 4.13. The molecule has 1 aromatic heterocycles. The van der Waals surface area contributed by atoms with E-state index in [0.29, 0.717) is 15.7 Å². The topological polar surface area (TPSA) is 68.0 Å². The third kappa shape index (κ3) is 3.00. The van der Waals surface area contributed by atoms with Crippen molar-refractivity contribution in [1.29, 1.82) is 0 Å². The Labute approximate surface area is 124 Å². The number of rotatable bonds is 2. The van der Waals surface area contributed by atoms with Crippen molar-refractivity contribution in [2.24, 2.45) is 0 Å². The average Bonchev–Trinajstić information content (AvgIpc) is 2.38. The smallest absolute Gasteiger partial charge is 0.259 e. The maximum absolute atomic E-state index is 13.1. The van der Waals surface area contributed by atoms with Gasteiger partial charge < -0.3 is 11.1 Å². The molecule has 3 N–H and O–H groups in total. The van der Waals surface area contributed by atoms with E-state index < -0.39 is 11.7 Å². The van der Waals surface area contributed by atoms with Crippen molar-refractivity contribution >= 4 is 40.6 Å². The second kappa shape index (κ2) is 5.64. The van der Waals surface area contributed by atoms with Crippen molar-refractivity contribution in [3.05, 3.63) is 51.4 Å². The Morgan fingerprint density at radius 1 is 1.30 bits per heavy atom. The van der Waals surface area contributed by atoms with Gasteiger partial charge >= 0.3 is 0 Å². The van der Waals surface area contributed by atoms with Gasteiger partial charge in [0.05, 0.1) is 22.5 Å². The minimum Gasteiger partial charge on any atom is -0.383 e. The van der Waals surface area contributed by atoms with Crippen LogP contribution in [0, 0.1) is 12.7 Å². The predicted octanol–water partition coefficient (Wildman–Crippen LogP) is 3.67. The number of aromatic nitrogens is 1. The maximum Gasteiger partial charge on any atom is 0.259 e. The number of halogens is 3. The fourth-order valence-electron chi connectivity index (χ4n) is 1.56. The predicted molar refractivity (Wildman–Crippen MR) is 77.8 cm³/mol. The summed E-state index contributed by atoms with van der Waals surface area (Å²) in [5.41, 5.74) is 6.56. The third-order valence-corrected chi connectivity index (χ3v) is 3.35. The normalized spacial score (nSPS) is 10.4. The highest BCUT2D eigenvalue weighted by atomic mass is 35.5. The molecular formula is C13H10Cl2FN3O. The van der Waals surface area contributed by atoms with Crippen molar-refractivity contribution in [2.75, 3.05) is 11.1 Å². The van der Waals surface area contributed by atoms with E-state index in [9.17, 15) is 9.18 Å². The molecule has 0 saturated heterocycles. The van der Waals surface area contributed by atoms with Gasteiger partial charge in [-0.2, -0.15) is 0 Å². The number of anilines is 2. The molecule has 7 heteroatoms. The van der Waals surface area contributed by atoms with Crippen LogP contribution in [-0.4, -0.2) is 10.9 Å². The first-order valence-electron chi connectivity index (χ1n) is 5.56. The first-order chi connectivity index (χ1) is 9.38. The number of nitrogens with two attached hydrogens (primary N) is 1. The summed E-state index contributed by atoms with van der Waals surface area (Å²) in [6.45, 7) is 1.79. The lowest BCUT2D eigenvalue weighted by Gasteiger charge is -2.10. The van der Waals surface area contributed by atoms with Crippen LogP contribution in [0.4, 0.5) is 15.9 Å². The number of nitrogen functional groups attached to an aromatic ring is 1. The monoisotopic (exact) mass is 313 g/mol. The molecule has 0 saturated carbocycles. The molecule has 20 heavy (non-hydrogen) atoms. The van der Waals surface area contributed by atoms with Gasteiger partial charge in [0.25, 0.3) is 5.91 Å². The summed E-state index contributed by atoms with van der Waals surface area (Å²) in [7, 11) is 0. The summed E-state index contributed by atoms with van der Waals surface area (Å²) >= 11 is 12.0. The molecule has 0 radical (unpaired) electrons. The van der Waals surface area contributed by atoms with Crippen molar-refractivity contribution < 1.29 is 9.18 Å². The van der Waals surface area contributed by atoms with Gasteiger partial charge in [-0.25, -0.2) is 9.37 Å². The zero-order valence-electron chi connectivity index (χ0n) is 10.4. The lowest BCUT2D eigenvalue weighted by Crippen LogP contribution is -2.15. The standard InChI is InChI=1S/C13H10Cl2FN3O/c1-6-2-10(15)11(4-9(6)14)19-13(20)8-3-7(16)5-18-12(8)17/h2-5H,1H3,(H2,17,18)(H,19,20). The molecule has 0 spiro atoms. The van der Waals surface area contributed by atoms with Crippen LogP contribution < -0.4 is 11.1 Å². The van der Waals surface area contributed by atoms with Gasteiger partial charge in [-0.15, -0.1) is 0 Å². The van der Waals surface area contributed by atoms with Crippen molar-refractivity contribution in [2.45, 2.75) is 6.92 Å². The molecule has 0 bridgehead atoms. The quantitative estimate of drug-likeness (QED) is 0.888. The Hall–Kier alpha value is -1.85. The van der Waals surface area contributed by atoms with E-state index in [-0.39, 0.29) is 11.4 Å². The largest absolute Gasteiger partial charge is 0.383 e. The maximum atomic E-state index is 13.1. The minimum absolute atomic E-state index is 0.0711. The van der Waals surface area contributed by atoms with Gasteiger partial charge in [0, 0.05) is 5.02 Å². The van der Waals surface area contributed by atoms with Gasteiger partial charge in [-0.05, 0) is 30.7 Å². The lowest BCUT2D eigenvalue weighted by molar-refractivity contribution is 0.102. The van der Waals surface area contributed by atoms with E-state index in [2.05, 4.69) is 10.3 Å².